The van der Waals surface area contributed by atoms with Gasteiger partial charge in [-0.3, -0.25) is 0 Å². The minimum Gasteiger partial charge on any atom is -0.361 e. The number of likely N-dealkylation sites (N-methyl/N-ethyl adjacent to an activating group) is 1. The van der Waals surface area contributed by atoms with Crippen molar-refractivity contribution in [1.82, 2.24) is 9.88 Å². The van der Waals surface area contributed by atoms with Crippen LogP contribution >= 0.6 is 11.8 Å². The zero-order chi connectivity index (χ0) is 14.7. The van der Waals surface area contributed by atoms with Gasteiger partial charge in [0.05, 0.1) is 0 Å². The lowest BCUT2D eigenvalue weighted by atomic mass is 10.1. The van der Waals surface area contributed by atoms with Gasteiger partial charge < -0.3 is 9.88 Å². The molecule has 0 spiro atoms. The second kappa shape index (κ2) is 6.37. The Morgan fingerprint density at radius 2 is 1.81 bits per heavy atom. The van der Waals surface area contributed by atoms with Crippen molar-refractivity contribution in [2.45, 2.75) is 16.2 Å². The number of nitrogens with one attached hydrogen (secondary N) is 1. The van der Waals surface area contributed by atoms with Gasteiger partial charge in [0, 0.05) is 33.4 Å². The summed E-state index contributed by atoms with van der Waals surface area (Å²) in [6, 6.07) is 17.2. The molecule has 1 aromatic heterocycles. The lowest BCUT2D eigenvalue weighted by Crippen LogP contribution is -2.14. The Kier molecular flexibility index (Phi) is 4.32. The molecule has 0 aliphatic heterocycles. The minimum atomic E-state index is 1.07. The van der Waals surface area contributed by atoms with E-state index in [2.05, 4.69) is 78.7 Å². The van der Waals surface area contributed by atoms with Crippen molar-refractivity contribution in [1.29, 1.82) is 0 Å². The smallest absolute Gasteiger partial charge is 0.0457 e. The van der Waals surface area contributed by atoms with Crippen molar-refractivity contribution in [3.8, 4) is 0 Å². The molecule has 0 saturated heterocycles. The third-order valence-electron chi connectivity index (χ3n) is 3.55. The molecule has 1 N–H and O–H groups in total. The van der Waals surface area contributed by atoms with Crippen LogP contribution in [0.2, 0.25) is 0 Å². The number of hydrogen-bond donors (Lipinski definition) is 1. The van der Waals surface area contributed by atoms with Gasteiger partial charge in [-0.15, -0.1) is 0 Å². The van der Waals surface area contributed by atoms with Crippen molar-refractivity contribution >= 4 is 22.7 Å². The van der Waals surface area contributed by atoms with E-state index in [0.717, 1.165) is 13.0 Å². The molecule has 0 aliphatic rings. The normalized spacial score (nSPS) is 11.4. The maximum absolute atomic E-state index is 3.38. The SMILES string of the molecule is CN(C)CCc1c[nH]c2ccc(Sc3ccccc3)cc12. The van der Waals surface area contributed by atoms with Crippen molar-refractivity contribution in [2.75, 3.05) is 20.6 Å². The molecule has 1 heterocycles. The van der Waals surface area contributed by atoms with E-state index in [1.54, 1.807) is 0 Å². The van der Waals surface area contributed by atoms with Gasteiger partial charge in [0.25, 0.3) is 0 Å². The van der Waals surface area contributed by atoms with Gasteiger partial charge in [0.1, 0.15) is 0 Å². The van der Waals surface area contributed by atoms with Crippen LogP contribution in [0.4, 0.5) is 0 Å². The van der Waals surface area contributed by atoms with Crippen LogP contribution in [0.1, 0.15) is 5.56 Å². The molecule has 108 valence electrons. The van der Waals surface area contributed by atoms with Crippen molar-refractivity contribution in [3.63, 3.8) is 0 Å². The Bertz CT molecular complexity index is 716. The molecule has 0 saturated carbocycles. The second-order valence-corrected chi connectivity index (χ2v) is 6.64. The van der Waals surface area contributed by atoms with E-state index in [1.807, 2.05) is 11.8 Å². The van der Waals surface area contributed by atoms with Gasteiger partial charge in [-0.05, 0) is 56.4 Å². The standard InChI is InChI=1S/C18H20N2S/c1-20(2)11-10-14-13-19-18-9-8-16(12-17(14)18)21-15-6-4-3-5-7-15/h3-9,12-13,19H,10-11H2,1-2H3. The fourth-order valence-electron chi connectivity index (χ4n) is 2.40. The first-order valence-corrected chi connectivity index (χ1v) is 8.02. The number of nitrogens with zero attached hydrogens (tertiary/aromatic N) is 1. The van der Waals surface area contributed by atoms with Gasteiger partial charge in [-0.25, -0.2) is 0 Å². The highest BCUT2D eigenvalue weighted by Crippen LogP contribution is 2.31. The molecule has 0 radical (unpaired) electrons. The maximum atomic E-state index is 3.38. The summed E-state index contributed by atoms with van der Waals surface area (Å²) in [4.78, 5) is 8.17. The van der Waals surface area contributed by atoms with Crippen LogP contribution in [-0.2, 0) is 6.42 Å². The van der Waals surface area contributed by atoms with Crippen molar-refractivity contribution < 1.29 is 0 Å². The Balaban J connectivity index is 1.86. The van der Waals surface area contributed by atoms with Crippen molar-refractivity contribution in [2.24, 2.45) is 0 Å². The first kappa shape index (κ1) is 14.2. The number of fused-ring (bicyclic) bond motifs is 1. The molecule has 0 atom stereocenters. The molecule has 2 nitrogen and oxygen atoms in total. The Morgan fingerprint density at radius 1 is 1.00 bits per heavy atom. The number of benzene rings is 2. The number of aromatic amines is 1. The summed E-state index contributed by atoms with van der Waals surface area (Å²) in [7, 11) is 4.23. The van der Waals surface area contributed by atoms with Gasteiger partial charge >= 0.3 is 0 Å². The van der Waals surface area contributed by atoms with Crippen LogP contribution in [0, 0.1) is 0 Å². The van der Waals surface area contributed by atoms with Crippen LogP contribution in [0.3, 0.4) is 0 Å². The highest BCUT2D eigenvalue weighted by molar-refractivity contribution is 7.99. The maximum Gasteiger partial charge on any atom is 0.0457 e. The molecular weight excluding hydrogens is 276 g/mol. The third kappa shape index (κ3) is 3.49. The first-order chi connectivity index (χ1) is 10.2. The van der Waals surface area contributed by atoms with E-state index >= 15 is 0 Å². The topological polar surface area (TPSA) is 19.0 Å². The highest BCUT2D eigenvalue weighted by atomic mass is 32.2. The zero-order valence-electron chi connectivity index (χ0n) is 12.5. The lowest BCUT2D eigenvalue weighted by Gasteiger charge is -2.08. The monoisotopic (exact) mass is 296 g/mol. The number of H-pyrrole nitrogens is 1. The summed E-state index contributed by atoms with van der Waals surface area (Å²) in [5.74, 6) is 0. The van der Waals surface area contributed by atoms with Crippen molar-refractivity contribution in [3.05, 3.63) is 60.3 Å². The largest absolute Gasteiger partial charge is 0.361 e. The first-order valence-electron chi connectivity index (χ1n) is 7.20. The molecular formula is C18H20N2S. The van der Waals surface area contributed by atoms with E-state index in [0.29, 0.717) is 0 Å². The Morgan fingerprint density at radius 3 is 2.57 bits per heavy atom. The molecule has 0 unspecified atom stereocenters. The van der Waals surface area contributed by atoms with E-state index in [4.69, 9.17) is 0 Å². The lowest BCUT2D eigenvalue weighted by molar-refractivity contribution is 0.414. The molecule has 2 aromatic carbocycles. The zero-order valence-corrected chi connectivity index (χ0v) is 13.3. The number of rotatable bonds is 5. The van der Waals surface area contributed by atoms with Gasteiger partial charge in [0.2, 0.25) is 0 Å². The molecule has 0 bridgehead atoms. The van der Waals surface area contributed by atoms with E-state index in [-0.39, 0.29) is 0 Å². The van der Waals surface area contributed by atoms with Crippen LogP contribution in [0.5, 0.6) is 0 Å². The Labute approximate surface area is 130 Å². The summed E-state index contributed by atoms with van der Waals surface area (Å²) in [6.07, 6.45) is 3.22. The fourth-order valence-corrected chi connectivity index (χ4v) is 3.27. The van der Waals surface area contributed by atoms with Crippen LogP contribution < -0.4 is 0 Å². The van der Waals surface area contributed by atoms with Crippen LogP contribution in [0.15, 0.2) is 64.5 Å². The van der Waals surface area contributed by atoms with Crippen LogP contribution in [-0.4, -0.2) is 30.5 Å². The second-order valence-electron chi connectivity index (χ2n) is 5.49. The van der Waals surface area contributed by atoms with E-state index in [9.17, 15) is 0 Å². The predicted octanol–water partition coefficient (Wildman–Crippen LogP) is 4.42. The summed E-state index contributed by atoms with van der Waals surface area (Å²) >= 11 is 1.81. The molecule has 0 fully saturated rings. The van der Waals surface area contributed by atoms with E-state index < -0.39 is 0 Å². The highest BCUT2D eigenvalue weighted by Gasteiger charge is 2.06. The predicted molar refractivity (Wildman–Crippen MR) is 91.1 cm³/mol. The van der Waals surface area contributed by atoms with Gasteiger partial charge in [0.15, 0.2) is 0 Å². The molecule has 3 rings (SSSR count). The van der Waals surface area contributed by atoms with Gasteiger partial charge in [-0.2, -0.15) is 0 Å². The average molecular weight is 296 g/mol. The van der Waals surface area contributed by atoms with Gasteiger partial charge in [-0.1, -0.05) is 30.0 Å². The third-order valence-corrected chi connectivity index (χ3v) is 4.54. The Hall–Kier alpha value is -1.71. The minimum absolute atomic E-state index is 1.07. The molecule has 3 aromatic rings. The summed E-state index contributed by atoms with van der Waals surface area (Å²) in [5, 5.41) is 1.35. The molecule has 0 aliphatic carbocycles. The van der Waals surface area contributed by atoms with Crippen LogP contribution in [0.25, 0.3) is 10.9 Å². The summed E-state index contributed by atoms with van der Waals surface area (Å²) < 4.78 is 0. The average Bonchev–Trinajstić information content (AvgIpc) is 2.88. The quantitative estimate of drug-likeness (QED) is 0.751. The summed E-state index contributed by atoms with van der Waals surface area (Å²) in [5.41, 5.74) is 2.62. The van der Waals surface area contributed by atoms with E-state index in [1.165, 1.54) is 26.3 Å². The molecule has 0 amide bonds. The molecule has 3 heteroatoms. The summed E-state index contributed by atoms with van der Waals surface area (Å²) in [6.45, 7) is 1.07. The fraction of sp³-hybridized carbons (Fsp3) is 0.222. The number of aromatic nitrogens is 1. The number of hydrogen-bond acceptors (Lipinski definition) is 2. The molecule has 21 heavy (non-hydrogen) atoms.